The molecule has 3 aromatic carbocycles. The van der Waals surface area contributed by atoms with E-state index in [0.717, 1.165) is 6.26 Å². The Kier molecular flexibility index (Phi) is 6.80. The molecule has 0 saturated heterocycles. The van der Waals surface area contributed by atoms with Gasteiger partial charge in [-0.3, -0.25) is 9.10 Å². The number of amides is 1. The van der Waals surface area contributed by atoms with Crippen molar-refractivity contribution >= 4 is 54.8 Å². The van der Waals surface area contributed by atoms with Crippen molar-refractivity contribution in [2.45, 2.75) is 6.54 Å². The minimum Gasteiger partial charge on any atom is -0.322 e. The normalized spacial score (nSPS) is 11.2. The van der Waals surface area contributed by atoms with Gasteiger partial charge in [0.25, 0.3) is 5.91 Å². The highest BCUT2D eigenvalue weighted by molar-refractivity contribution is 9.10. The Morgan fingerprint density at radius 3 is 2.27 bits per heavy atom. The van der Waals surface area contributed by atoms with E-state index in [-0.39, 0.29) is 12.5 Å². The van der Waals surface area contributed by atoms with Gasteiger partial charge in [0.15, 0.2) is 0 Å². The highest BCUT2D eigenvalue weighted by atomic mass is 79.9. The molecule has 0 fully saturated rings. The third-order valence-electron chi connectivity index (χ3n) is 4.23. The molecule has 0 saturated carbocycles. The van der Waals surface area contributed by atoms with E-state index in [1.54, 1.807) is 30.3 Å². The SMILES string of the molecule is CS(=O)(=O)N(Cc1ccc(F)cc1)c1ccc(C(=O)Nc2ccc(Br)c(Cl)c2)cc1. The molecule has 0 aliphatic carbocycles. The van der Waals surface area contributed by atoms with Crippen LogP contribution in [0.3, 0.4) is 0 Å². The number of nitrogens with zero attached hydrogens (tertiary/aromatic N) is 1. The second-order valence-electron chi connectivity index (χ2n) is 6.53. The van der Waals surface area contributed by atoms with Crippen molar-refractivity contribution in [1.29, 1.82) is 0 Å². The van der Waals surface area contributed by atoms with Gasteiger partial charge in [0.2, 0.25) is 10.0 Å². The first-order valence-corrected chi connectivity index (χ1v) is 11.7. The van der Waals surface area contributed by atoms with E-state index >= 15 is 0 Å². The van der Waals surface area contributed by atoms with Gasteiger partial charge in [0, 0.05) is 15.7 Å². The molecule has 0 radical (unpaired) electrons. The van der Waals surface area contributed by atoms with Crippen LogP contribution in [0.1, 0.15) is 15.9 Å². The number of rotatable bonds is 6. The van der Waals surface area contributed by atoms with E-state index in [2.05, 4.69) is 21.2 Å². The van der Waals surface area contributed by atoms with Crippen LogP contribution in [0.5, 0.6) is 0 Å². The molecule has 0 atom stereocenters. The lowest BCUT2D eigenvalue weighted by Gasteiger charge is -2.22. The third kappa shape index (κ3) is 5.59. The Bertz CT molecular complexity index is 1170. The van der Waals surface area contributed by atoms with Gasteiger partial charge in [-0.1, -0.05) is 23.7 Å². The number of hydrogen-bond acceptors (Lipinski definition) is 3. The Hall–Kier alpha value is -2.42. The molecule has 0 aliphatic rings. The molecule has 0 heterocycles. The summed E-state index contributed by atoms with van der Waals surface area (Å²) in [5.74, 6) is -0.753. The van der Waals surface area contributed by atoms with E-state index < -0.39 is 15.8 Å². The number of carbonyl (C=O) groups is 1. The molecule has 5 nitrogen and oxygen atoms in total. The summed E-state index contributed by atoms with van der Waals surface area (Å²) in [7, 11) is -3.60. The Morgan fingerprint density at radius 2 is 1.70 bits per heavy atom. The first kappa shape index (κ1) is 22.3. The number of sulfonamides is 1. The smallest absolute Gasteiger partial charge is 0.255 e. The first-order valence-electron chi connectivity index (χ1n) is 8.72. The molecule has 1 N–H and O–H groups in total. The fraction of sp³-hybridized carbons (Fsp3) is 0.0952. The number of benzene rings is 3. The van der Waals surface area contributed by atoms with E-state index in [0.29, 0.717) is 32.0 Å². The molecule has 3 aromatic rings. The van der Waals surface area contributed by atoms with Gasteiger partial charge in [-0.05, 0) is 76.1 Å². The number of anilines is 2. The Morgan fingerprint density at radius 1 is 1.07 bits per heavy atom. The average Bonchev–Trinajstić information content (AvgIpc) is 2.69. The minimum atomic E-state index is -3.60. The molecule has 0 aromatic heterocycles. The lowest BCUT2D eigenvalue weighted by Crippen LogP contribution is -2.29. The summed E-state index contributed by atoms with van der Waals surface area (Å²) in [6.45, 7) is 0.0437. The molecular formula is C21H17BrClFN2O3S. The zero-order valence-corrected chi connectivity index (χ0v) is 18.9. The molecule has 0 unspecified atom stereocenters. The maximum absolute atomic E-state index is 13.1. The summed E-state index contributed by atoms with van der Waals surface area (Å²) in [5.41, 5.74) is 1.92. The van der Waals surface area contributed by atoms with Crippen molar-refractivity contribution < 1.29 is 17.6 Å². The predicted octanol–water partition coefficient (Wildman–Crippen LogP) is 5.46. The Balaban J connectivity index is 1.79. The van der Waals surface area contributed by atoms with Gasteiger partial charge < -0.3 is 5.32 Å². The zero-order valence-electron chi connectivity index (χ0n) is 15.8. The second kappa shape index (κ2) is 9.16. The van der Waals surface area contributed by atoms with Gasteiger partial charge in [0.1, 0.15) is 5.82 Å². The van der Waals surface area contributed by atoms with Crippen molar-refractivity contribution in [1.82, 2.24) is 0 Å². The fourth-order valence-electron chi connectivity index (χ4n) is 2.71. The topological polar surface area (TPSA) is 66.5 Å². The fourth-order valence-corrected chi connectivity index (χ4v) is 4.03. The molecular weight excluding hydrogens is 495 g/mol. The van der Waals surface area contributed by atoms with Crippen molar-refractivity contribution in [3.05, 3.63) is 93.2 Å². The largest absolute Gasteiger partial charge is 0.322 e. The summed E-state index contributed by atoms with van der Waals surface area (Å²) in [6.07, 6.45) is 1.09. The Labute approximate surface area is 187 Å². The van der Waals surface area contributed by atoms with Crippen molar-refractivity contribution in [3.8, 4) is 0 Å². The van der Waals surface area contributed by atoms with Crippen molar-refractivity contribution in [2.75, 3.05) is 15.9 Å². The van der Waals surface area contributed by atoms with Gasteiger partial charge >= 0.3 is 0 Å². The zero-order chi connectivity index (χ0) is 21.9. The maximum atomic E-state index is 13.1. The van der Waals surface area contributed by atoms with Crippen LogP contribution in [0.15, 0.2) is 71.2 Å². The van der Waals surface area contributed by atoms with Gasteiger partial charge in [-0.15, -0.1) is 0 Å². The van der Waals surface area contributed by atoms with Crippen molar-refractivity contribution in [2.24, 2.45) is 0 Å². The lowest BCUT2D eigenvalue weighted by molar-refractivity contribution is 0.102. The molecule has 30 heavy (non-hydrogen) atoms. The van der Waals surface area contributed by atoms with Crippen LogP contribution in [-0.4, -0.2) is 20.6 Å². The van der Waals surface area contributed by atoms with Crippen LogP contribution < -0.4 is 9.62 Å². The quantitative estimate of drug-likeness (QED) is 0.478. The van der Waals surface area contributed by atoms with Gasteiger partial charge in [0.05, 0.1) is 23.5 Å². The molecule has 3 rings (SSSR count). The number of hydrogen-bond donors (Lipinski definition) is 1. The highest BCUT2D eigenvalue weighted by Gasteiger charge is 2.18. The standard InChI is InChI=1S/C21H17BrClFN2O3S/c1-30(28,29)26(13-14-2-6-16(24)7-3-14)18-9-4-15(5-10-18)21(27)25-17-8-11-19(22)20(23)12-17/h2-12H,13H2,1H3,(H,25,27). The molecule has 156 valence electrons. The lowest BCUT2D eigenvalue weighted by atomic mass is 10.1. The van der Waals surface area contributed by atoms with Crippen LogP contribution in [0.2, 0.25) is 5.02 Å². The van der Waals surface area contributed by atoms with Crippen molar-refractivity contribution in [3.63, 3.8) is 0 Å². The summed E-state index contributed by atoms with van der Waals surface area (Å²) >= 11 is 9.32. The van der Waals surface area contributed by atoms with E-state index in [9.17, 15) is 17.6 Å². The summed E-state index contributed by atoms with van der Waals surface area (Å²) < 4.78 is 39.6. The van der Waals surface area contributed by atoms with Crippen LogP contribution in [0, 0.1) is 5.82 Å². The first-order chi connectivity index (χ1) is 14.1. The molecule has 0 aliphatic heterocycles. The monoisotopic (exact) mass is 510 g/mol. The number of halogens is 3. The summed E-state index contributed by atoms with van der Waals surface area (Å²) in [6, 6.07) is 16.8. The average molecular weight is 512 g/mol. The van der Waals surface area contributed by atoms with E-state index in [1.165, 1.54) is 40.7 Å². The molecule has 9 heteroatoms. The molecule has 0 bridgehead atoms. The van der Waals surface area contributed by atoms with Gasteiger partial charge in [-0.25, -0.2) is 12.8 Å². The van der Waals surface area contributed by atoms with Crippen LogP contribution in [0.4, 0.5) is 15.8 Å². The summed E-state index contributed by atoms with van der Waals surface area (Å²) in [4.78, 5) is 12.5. The predicted molar refractivity (Wildman–Crippen MR) is 121 cm³/mol. The van der Waals surface area contributed by atoms with Crippen LogP contribution in [-0.2, 0) is 16.6 Å². The minimum absolute atomic E-state index is 0.0437. The van der Waals surface area contributed by atoms with Crippen LogP contribution in [0.25, 0.3) is 0 Å². The second-order valence-corrected chi connectivity index (χ2v) is 9.69. The van der Waals surface area contributed by atoms with Crippen LogP contribution >= 0.6 is 27.5 Å². The number of nitrogens with one attached hydrogen (secondary N) is 1. The maximum Gasteiger partial charge on any atom is 0.255 e. The summed E-state index contributed by atoms with van der Waals surface area (Å²) in [5, 5.41) is 3.20. The van der Waals surface area contributed by atoms with E-state index in [4.69, 9.17) is 11.6 Å². The highest BCUT2D eigenvalue weighted by Crippen LogP contribution is 2.26. The van der Waals surface area contributed by atoms with Gasteiger partial charge in [-0.2, -0.15) is 0 Å². The number of carbonyl (C=O) groups excluding carboxylic acids is 1. The molecule has 0 spiro atoms. The third-order valence-corrected chi connectivity index (χ3v) is 6.61. The molecule has 1 amide bonds. The van der Waals surface area contributed by atoms with E-state index in [1.807, 2.05) is 0 Å².